The van der Waals surface area contributed by atoms with E-state index in [4.69, 9.17) is 0 Å². The molecule has 1 atom stereocenters. The van der Waals surface area contributed by atoms with Crippen molar-refractivity contribution in [1.29, 1.82) is 0 Å². The lowest BCUT2D eigenvalue weighted by molar-refractivity contribution is -0.122. The lowest BCUT2D eigenvalue weighted by atomic mass is 10.0. The van der Waals surface area contributed by atoms with E-state index < -0.39 is 0 Å². The Kier molecular flexibility index (Phi) is 5.32. The van der Waals surface area contributed by atoms with Crippen molar-refractivity contribution in [1.82, 2.24) is 10.6 Å². The quantitative estimate of drug-likeness (QED) is 0.793. The van der Waals surface area contributed by atoms with Gasteiger partial charge in [0.05, 0.1) is 6.04 Å². The van der Waals surface area contributed by atoms with Gasteiger partial charge in [-0.25, -0.2) is 0 Å². The maximum absolute atomic E-state index is 11.8. The van der Waals surface area contributed by atoms with Gasteiger partial charge >= 0.3 is 0 Å². The summed E-state index contributed by atoms with van der Waals surface area (Å²) < 4.78 is 0. The molecule has 2 N–H and O–H groups in total. The van der Waals surface area contributed by atoms with Crippen LogP contribution in [0.4, 0.5) is 0 Å². The normalized spacial score (nSPS) is 27.6. The number of carbonyl (C=O) groups is 1. The van der Waals surface area contributed by atoms with Crippen molar-refractivity contribution in [2.24, 2.45) is 5.92 Å². The largest absolute Gasteiger partial charge is 0.354 e. The Morgan fingerprint density at radius 3 is 2.75 bits per heavy atom. The molecule has 2 aliphatic rings. The standard InChI is InChI=1S/C11H20N2OS2/c14-11(10-8-16-6-3-12-10)13-7-9-1-4-15-5-2-9/h9-10,12H,1-8H2,(H,13,14). The second-order valence-electron chi connectivity index (χ2n) is 4.38. The van der Waals surface area contributed by atoms with Crippen molar-refractivity contribution in [2.75, 3.05) is 36.1 Å². The summed E-state index contributed by atoms with van der Waals surface area (Å²) >= 11 is 3.90. The second-order valence-corrected chi connectivity index (χ2v) is 6.76. The van der Waals surface area contributed by atoms with E-state index in [-0.39, 0.29) is 11.9 Å². The molecule has 0 saturated carbocycles. The number of carbonyl (C=O) groups excluding carboxylic acids is 1. The summed E-state index contributed by atoms with van der Waals surface area (Å²) in [5, 5.41) is 6.37. The first-order valence-corrected chi connectivity index (χ1v) is 8.34. The fourth-order valence-corrected chi connectivity index (χ4v) is 4.19. The summed E-state index contributed by atoms with van der Waals surface area (Å²) in [6.45, 7) is 1.84. The second kappa shape index (κ2) is 6.77. The lowest BCUT2D eigenvalue weighted by Gasteiger charge is -2.25. The van der Waals surface area contributed by atoms with E-state index in [1.807, 2.05) is 23.5 Å². The van der Waals surface area contributed by atoms with Crippen molar-refractivity contribution in [2.45, 2.75) is 18.9 Å². The molecule has 5 heteroatoms. The topological polar surface area (TPSA) is 41.1 Å². The molecule has 2 rings (SSSR count). The van der Waals surface area contributed by atoms with Gasteiger partial charge in [-0.15, -0.1) is 0 Å². The van der Waals surface area contributed by atoms with Crippen molar-refractivity contribution < 1.29 is 4.79 Å². The summed E-state index contributed by atoms with van der Waals surface area (Å²) in [4.78, 5) is 11.8. The van der Waals surface area contributed by atoms with Gasteiger partial charge in [0.15, 0.2) is 0 Å². The van der Waals surface area contributed by atoms with Crippen LogP contribution < -0.4 is 10.6 Å². The Bertz CT molecular complexity index is 226. The van der Waals surface area contributed by atoms with E-state index in [2.05, 4.69) is 10.6 Å². The molecule has 2 aliphatic heterocycles. The monoisotopic (exact) mass is 260 g/mol. The zero-order valence-electron chi connectivity index (χ0n) is 9.54. The molecule has 1 amide bonds. The molecule has 0 aromatic carbocycles. The Morgan fingerprint density at radius 2 is 2.06 bits per heavy atom. The van der Waals surface area contributed by atoms with Crippen LogP contribution in [0.25, 0.3) is 0 Å². The highest BCUT2D eigenvalue weighted by atomic mass is 32.2. The molecular formula is C11H20N2OS2. The lowest BCUT2D eigenvalue weighted by Crippen LogP contribution is -2.49. The number of hydrogen-bond donors (Lipinski definition) is 2. The molecule has 0 spiro atoms. The van der Waals surface area contributed by atoms with Crippen LogP contribution in [0.2, 0.25) is 0 Å². The highest BCUT2D eigenvalue weighted by Gasteiger charge is 2.22. The third-order valence-electron chi connectivity index (χ3n) is 3.14. The maximum atomic E-state index is 11.8. The van der Waals surface area contributed by atoms with Crippen LogP contribution in [0.1, 0.15) is 12.8 Å². The average molecular weight is 260 g/mol. The molecular weight excluding hydrogens is 240 g/mol. The van der Waals surface area contributed by atoms with E-state index in [1.165, 1.54) is 24.3 Å². The van der Waals surface area contributed by atoms with E-state index in [9.17, 15) is 4.79 Å². The fourth-order valence-electron chi connectivity index (χ4n) is 2.05. The average Bonchev–Trinajstić information content (AvgIpc) is 2.38. The highest BCUT2D eigenvalue weighted by molar-refractivity contribution is 7.99. The Labute approximate surface area is 106 Å². The van der Waals surface area contributed by atoms with Gasteiger partial charge in [-0.3, -0.25) is 4.79 Å². The van der Waals surface area contributed by atoms with Crippen LogP contribution in [0, 0.1) is 5.92 Å². The van der Waals surface area contributed by atoms with Crippen molar-refractivity contribution in [3.8, 4) is 0 Å². The van der Waals surface area contributed by atoms with Crippen LogP contribution in [0.3, 0.4) is 0 Å². The molecule has 16 heavy (non-hydrogen) atoms. The number of amides is 1. The molecule has 3 nitrogen and oxygen atoms in total. The van der Waals surface area contributed by atoms with Gasteiger partial charge in [-0.2, -0.15) is 23.5 Å². The van der Waals surface area contributed by atoms with E-state index >= 15 is 0 Å². The van der Waals surface area contributed by atoms with Crippen molar-refractivity contribution >= 4 is 29.4 Å². The predicted molar refractivity (Wildman–Crippen MR) is 72.2 cm³/mol. The van der Waals surface area contributed by atoms with Crippen LogP contribution in [0.5, 0.6) is 0 Å². The van der Waals surface area contributed by atoms with E-state index in [0.717, 1.165) is 24.6 Å². The van der Waals surface area contributed by atoms with Crippen LogP contribution >= 0.6 is 23.5 Å². The third kappa shape index (κ3) is 3.86. The smallest absolute Gasteiger partial charge is 0.238 e. The SMILES string of the molecule is O=C(NCC1CCSCC1)C1CSCCN1. The number of hydrogen-bond acceptors (Lipinski definition) is 4. The summed E-state index contributed by atoms with van der Waals surface area (Å²) in [5.74, 6) is 5.48. The van der Waals surface area contributed by atoms with Crippen molar-refractivity contribution in [3.63, 3.8) is 0 Å². The summed E-state index contributed by atoms with van der Waals surface area (Å²) in [6.07, 6.45) is 2.52. The molecule has 1 unspecified atom stereocenters. The van der Waals surface area contributed by atoms with E-state index in [0.29, 0.717) is 5.92 Å². The minimum atomic E-state index is 0.0386. The molecule has 0 bridgehead atoms. The number of thioether (sulfide) groups is 2. The molecule has 92 valence electrons. The van der Waals surface area contributed by atoms with Crippen molar-refractivity contribution in [3.05, 3.63) is 0 Å². The molecule has 2 fully saturated rings. The highest BCUT2D eigenvalue weighted by Crippen LogP contribution is 2.21. The Balaban J connectivity index is 1.65. The first kappa shape index (κ1) is 12.6. The number of nitrogens with one attached hydrogen (secondary N) is 2. The Hall–Kier alpha value is 0.130. The molecule has 2 heterocycles. The summed E-state index contributed by atoms with van der Waals surface area (Å²) in [5.41, 5.74) is 0. The minimum absolute atomic E-state index is 0.0386. The molecule has 0 aromatic heterocycles. The van der Waals surface area contributed by atoms with E-state index in [1.54, 1.807) is 0 Å². The number of rotatable bonds is 3. The maximum Gasteiger partial charge on any atom is 0.238 e. The van der Waals surface area contributed by atoms with Crippen LogP contribution in [-0.2, 0) is 4.79 Å². The van der Waals surface area contributed by atoms with Gasteiger partial charge in [0.25, 0.3) is 0 Å². The van der Waals surface area contributed by atoms with Crippen LogP contribution in [0.15, 0.2) is 0 Å². The minimum Gasteiger partial charge on any atom is -0.354 e. The van der Waals surface area contributed by atoms with Gasteiger partial charge < -0.3 is 10.6 Å². The van der Waals surface area contributed by atoms with Gasteiger partial charge in [0, 0.05) is 24.6 Å². The van der Waals surface area contributed by atoms with Gasteiger partial charge in [-0.05, 0) is 30.3 Å². The van der Waals surface area contributed by atoms with Crippen LogP contribution in [-0.4, -0.2) is 48.0 Å². The summed E-state index contributed by atoms with van der Waals surface area (Å²) in [7, 11) is 0. The zero-order chi connectivity index (χ0) is 11.2. The summed E-state index contributed by atoms with van der Waals surface area (Å²) in [6, 6.07) is 0.0386. The van der Waals surface area contributed by atoms with Gasteiger partial charge in [0.1, 0.15) is 0 Å². The first-order chi connectivity index (χ1) is 7.86. The predicted octanol–water partition coefficient (Wildman–Crippen LogP) is 0.951. The molecule has 2 saturated heterocycles. The fraction of sp³-hybridized carbons (Fsp3) is 0.909. The first-order valence-electron chi connectivity index (χ1n) is 6.03. The Morgan fingerprint density at radius 1 is 1.25 bits per heavy atom. The molecule has 0 aromatic rings. The third-order valence-corrected chi connectivity index (χ3v) is 5.25. The molecule has 0 aliphatic carbocycles. The zero-order valence-corrected chi connectivity index (χ0v) is 11.2. The molecule has 0 radical (unpaired) electrons. The van der Waals surface area contributed by atoms with Gasteiger partial charge in [-0.1, -0.05) is 0 Å². The van der Waals surface area contributed by atoms with Gasteiger partial charge in [0.2, 0.25) is 5.91 Å².